The van der Waals surface area contributed by atoms with Gasteiger partial charge in [0, 0.05) is 10.8 Å². The van der Waals surface area contributed by atoms with Gasteiger partial charge >= 0.3 is 0 Å². The predicted molar refractivity (Wildman–Crippen MR) is 204 cm³/mol. The van der Waals surface area contributed by atoms with Crippen molar-refractivity contribution in [3.63, 3.8) is 0 Å². The van der Waals surface area contributed by atoms with Gasteiger partial charge in [-0.05, 0) is 120 Å². The Bertz CT molecular complexity index is 2460. The van der Waals surface area contributed by atoms with E-state index in [0.29, 0.717) is 0 Å². The monoisotopic (exact) mass is 616 g/mol. The maximum atomic E-state index is 2.59. The van der Waals surface area contributed by atoms with Crippen molar-refractivity contribution < 1.29 is 0 Å². The molecule has 0 nitrogen and oxygen atoms in total. The summed E-state index contributed by atoms with van der Waals surface area (Å²) >= 11 is 0. The predicted octanol–water partition coefficient (Wildman–Crippen LogP) is 13.2. The van der Waals surface area contributed by atoms with Crippen LogP contribution in [-0.2, 0) is 10.8 Å². The van der Waals surface area contributed by atoms with Gasteiger partial charge in [0.25, 0.3) is 0 Å². The molecule has 10 rings (SSSR count). The third kappa shape index (κ3) is 3.72. The van der Waals surface area contributed by atoms with Gasteiger partial charge in [-0.15, -0.1) is 0 Å². The molecule has 1 spiro atoms. The van der Waals surface area contributed by atoms with Crippen molar-refractivity contribution in [1.82, 2.24) is 0 Å². The van der Waals surface area contributed by atoms with Crippen LogP contribution in [0.2, 0.25) is 0 Å². The fourth-order valence-corrected chi connectivity index (χ4v) is 10.1. The van der Waals surface area contributed by atoms with Crippen LogP contribution < -0.4 is 0 Å². The van der Waals surface area contributed by atoms with E-state index >= 15 is 0 Å². The summed E-state index contributed by atoms with van der Waals surface area (Å²) in [5.41, 5.74) is 18.3. The molecule has 0 N–H and O–H groups in total. The van der Waals surface area contributed by atoms with E-state index in [2.05, 4.69) is 148 Å². The maximum absolute atomic E-state index is 2.59. The fraction of sp³-hybridized carbons (Fsp3) is 0.208. The number of aryl methyl sites for hydroxylation is 1. The van der Waals surface area contributed by atoms with E-state index in [0.717, 1.165) is 0 Å². The van der Waals surface area contributed by atoms with Gasteiger partial charge in [0.15, 0.2) is 0 Å². The minimum absolute atomic E-state index is 0.0412. The maximum Gasteiger partial charge on any atom is 0.0215 e. The van der Waals surface area contributed by atoms with E-state index in [9.17, 15) is 0 Å². The summed E-state index contributed by atoms with van der Waals surface area (Å²) in [5, 5.41) is 5.34. The Hall–Kier alpha value is -4.94. The average Bonchev–Trinajstić information content (AvgIpc) is 3.51. The van der Waals surface area contributed by atoms with Crippen molar-refractivity contribution in [2.75, 3.05) is 0 Å². The first-order valence-corrected chi connectivity index (χ1v) is 17.9. The summed E-state index contributed by atoms with van der Waals surface area (Å²) in [6.45, 7) is 7.01. The van der Waals surface area contributed by atoms with Crippen LogP contribution in [0.1, 0.15) is 73.8 Å². The molecule has 0 radical (unpaired) electrons. The lowest BCUT2D eigenvalue weighted by atomic mass is 9.67. The molecule has 0 saturated heterocycles. The van der Waals surface area contributed by atoms with Gasteiger partial charge < -0.3 is 0 Å². The highest BCUT2D eigenvalue weighted by atomic mass is 14.5. The highest BCUT2D eigenvalue weighted by Crippen LogP contribution is 2.57. The van der Waals surface area contributed by atoms with E-state index in [-0.39, 0.29) is 10.8 Å². The van der Waals surface area contributed by atoms with Crippen LogP contribution >= 0.6 is 0 Å². The minimum atomic E-state index is -0.0412. The molecule has 7 aromatic rings. The van der Waals surface area contributed by atoms with Crippen molar-refractivity contribution in [1.29, 1.82) is 0 Å². The van der Waals surface area contributed by atoms with E-state index in [1.165, 1.54) is 115 Å². The van der Waals surface area contributed by atoms with Crippen molar-refractivity contribution in [2.24, 2.45) is 0 Å². The van der Waals surface area contributed by atoms with Gasteiger partial charge in [0.1, 0.15) is 0 Å². The number of rotatable bonds is 2. The Morgan fingerprint density at radius 2 is 0.938 bits per heavy atom. The average molecular weight is 617 g/mol. The number of hydrogen-bond donors (Lipinski definition) is 0. The van der Waals surface area contributed by atoms with Gasteiger partial charge in [0.05, 0.1) is 0 Å². The molecule has 0 amide bonds. The van der Waals surface area contributed by atoms with Crippen molar-refractivity contribution in [3.8, 4) is 44.5 Å². The SMILES string of the molecule is Cc1ccc2c(-c3ccc4c(c3)C3(CCCCC3)c3ccccc3-4)c3ccccc3c(-c3ccc4c(c3)C(C)(C)c3ccccc3-4)c2c1. The molecule has 0 heteroatoms. The lowest BCUT2D eigenvalue weighted by Crippen LogP contribution is -2.28. The van der Waals surface area contributed by atoms with Crippen LogP contribution in [-0.4, -0.2) is 0 Å². The molecule has 0 atom stereocenters. The van der Waals surface area contributed by atoms with Crippen LogP contribution in [0.5, 0.6) is 0 Å². The molecular weight excluding hydrogens is 577 g/mol. The van der Waals surface area contributed by atoms with Crippen LogP contribution in [0.25, 0.3) is 66.1 Å². The van der Waals surface area contributed by atoms with Crippen LogP contribution in [0, 0.1) is 6.92 Å². The van der Waals surface area contributed by atoms with Gasteiger partial charge in [0.2, 0.25) is 0 Å². The molecule has 1 saturated carbocycles. The Morgan fingerprint density at radius 3 is 1.65 bits per heavy atom. The van der Waals surface area contributed by atoms with Gasteiger partial charge in [-0.2, -0.15) is 0 Å². The standard InChI is InChI=1S/C48H40/c1-30-19-22-39-40(27-30)46(31-20-23-35-33-13-7-9-17-41(33)47(2,3)43(35)28-31)38-16-6-5-15-37(38)45(39)32-21-24-36-34-14-8-10-18-42(34)48(44(36)29-32)25-11-4-12-26-48/h5-10,13-24,27-29H,4,11-12,25-26H2,1-3H3. The molecule has 0 unspecified atom stereocenters. The molecular formula is C48H40. The first-order chi connectivity index (χ1) is 23.5. The third-order valence-corrected chi connectivity index (χ3v) is 12.3. The lowest BCUT2D eigenvalue weighted by Gasteiger charge is -2.36. The van der Waals surface area contributed by atoms with Gasteiger partial charge in [-0.25, -0.2) is 0 Å². The fourth-order valence-electron chi connectivity index (χ4n) is 10.1. The molecule has 232 valence electrons. The molecule has 48 heavy (non-hydrogen) atoms. The Kier molecular flexibility index (Phi) is 5.88. The molecule has 7 aromatic carbocycles. The number of fused-ring (bicyclic) bond motifs is 10. The second-order valence-corrected chi connectivity index (χ2v) is 15.2. The minimum Gasteiger partial charge on any atom is -0.0619 e. The van der Waals surface area contributed by atoms with E-state index in [1.807, 2.05) is 0 Å². The van der Waals surface area contributed by atoms with Gasteiger partial charge in [-0.3, -0.25) is 0 Å². The van der Waals surface area contributed by atoms with E-state index in [4.69, 9.17) is 0 Å². The summed E-state index contributed by atoms with van der Waals surface area (Å²) in [4.78, 5) is 0. The molecule has 0 bridgehead atoms. The van der Waals surface area contributed by atoms with Crippen molar-refractivity contribution >= 4 is 21.5 Å². The summed E-state index contributed by atoms with van der Waals surface area (Å²) < 4.78 is 0. The topological polar surface area (TPSA) is 0 Å². The number of hydrogen-bond acceptors (Lipinski definition) is 0. The van der Waals surface area contributed by atoms with Crippen molar-refractivity contribution in [3.05, 3.63) is 155 Å². The molecule has 0 aromatic heterocycles. The second-order valence-electron chi connectivity index (χ2n) is 15.2. The molecule has 0 heterocycles. The zero-order valence-corrected chi connectivity index (χ0v) is 28.2. The third-order valence-electron chi connectivity index (χ3n) is 12.3. The molecule has 3 aliphatic carbocycles. The molecule has 0 aliphatic heterocycles. The van der Waals surface area contributed by atoms with Crippen LogP contribution in [0.15, 0.2) is 127 Å². The quantitative estimate of drug-likeness (QED) is 0.170. The summed E-state index contributed by atoms with van der Waals surface area (Å²) in [5.74, 6) is 0. The second kappa shape index (κ2) is 10.0. The Morgan fingerprint density at radius 1 is 0.417 bits per heavy atom. The molecule has 1 fully saturated rings. The normalized spacial score (nSPS) is 16.6. The Labute approximate surface area is 284 Å². The first-order valence-electron chi connectivity index (χ1n) is 17.9. The van der Waals surface area contributed by atoms with Gasteiger partial charge in [-0.1, -0.05) is 154 Å². The summed E-state index contributed by atoms with van der Waals surface area (Å²) in [7, 11) is 0. The van der Waals surface area contributed by atoms with E-state index in [1.54, 1.807) is 11.1 Å². The first kappa shape index (κ1) is 28.1. The highest BCUT2D eigenvalue weighted by molar-refractivity contribution is 6.21. The summed E-state index contributed by atoms with van der Waals surface area (Å²) in [6.07, 6.45) is 6.46. The Balaban J connectivity index is 1.24. The lowest BCUT2D eigenvalue weighted by molar-refractivity contribution is 0.353. The van der Waals surface area contributed by atoms with Crippen molar-refractivity contribution in [2.45, 2.75) is 63.7 Å². The highest BCUT2D eigenvalue weighted by Gasteiger charge is 2.43. The van der Waals surface area contributed by atoms with Crippen LogP contribution in [0.4, 0.5) is 0 Å². The van der Waals surface area contributed by atoms with Crippen LogP contribution in [0.3, 0.4) is 0 Å². The zero-order chi connectivity index (χ0) is 32.2. The van der Waals surface area contributed by atoms with E-state index < -0.39 is 0 Å². The summed E-state index contributed by atoms with van der Waals surface area (Å²) in [6, 6.07) is 49.2. The smallest absolute Gasteiger partial charge is 0.0215 e. The zero-order valence-electron chi connectivity index (χ0n) is 28.2. The number of benzene rings is 7. The largest absolute Gasteiger partial charge is 0.0619 e. The molecule has 3 aliphatic rings.